The van der Waals surface area contributed by atoms with Gasteiger partial charge >= 0.3 is 113 Å². The van der Waals surface area contributed by atoms with Crippen molar-refractivity contribution < 1.29 is 13.0 Å². The normalized spacial score (nSPS) is 7.25. The first-order chi connectivity index (χ1) is 2.00. The van der Waals surface area contributed by atoms with Crippen LogP contribution >= 0.6 is 0 Å². The van der Waals surface area contributed by atoms with Gasteiger partial charge in [-0.15, -0.1) is 0 Å². The van der Waals surface area contributed by atoms with Crippen LogP contribution in [-0.4, -0.2) is 132 Å². The van der Waals surface area contributed by atoms with E-state index < -0.39 is 10.1 Å². The summed E-state index contributed by atoms with van der Waals surface area (Å²) in [5.41, 5.74) is 0. The molecule has 0 saturated carbocycles. The molecule has 0 aromatic heterocycles. The van der Waals surface area contributed by atoms with Gasteiger partial charge in [-0.1, -0.05) is 0 Å². The summed E-state index contributed by atoms with van der Waals surface area (Å²) < 4.78 is 25.9. The molecule has 0 fully saturated rings. The fourth-order valence-corrected chi connectivity index (χ4v) is 0. The fourth-order valence-electron chi connectivity index (χ4n) is 0. The van der Waals surface area contributed by atoms with Crippen molar-refractivity contribution in [1.82, 2.24) is 0 Å². The van der Waals surface area contributed by atoms with Crippen LogP contribution in [0.5, 0.6) is 0 Å². The third-order valence-corrected chi connectivity index (χ3v) is 0. The minimum absolute atomic E-state index is 0. The molecule has 0 heterocycles. The Balaban J connectivity index is -0.0000000267. The van der Waals surface area contributed by atoms with Crippen LogP contribution in [0.4, 0.5) is 0 Å². The molecule has 3 nitrogen and oxygen atoms in total. The minimum atomic E-state index is -3.67. The van der Waals surface area contributed by atoms with Crippen LogP contribution in [0, 0.1) is 0 Å². The molecule has 0 aromatic rings. The number of rotatable bonds is 0. The van der Waals surface area contributed by atoms with Crippen molar-refractivity contribution in [3.05, 3.63) is 0 Å². The van der Waals surface area contributed by atoms with Gasteiger partial charge in [-0.2, -0.15) is 8.42 Å². The summed E-state index contributed by atoms with van der Waals surface area (Å²) in [5, 5.41) is 0. The van der Waals surface area contributed by atoms with Gasteiger partial charge in [0.05, 0.1) is 6.26 Å². The molecule has 0 aliphatic rings. The van der Waals surface area contributed by atoms with Crippen molar-refractivity contribution in [2.24, 2.45) is 0 Å². The standard InChI is InChI=1S/CH4O3S.3Ca.6H/c1-5(2,3)4;;;;;;;;;/h1H3,(H,2,3,4);;;;;;;;;. The van der Waals surface area contributed by atoms with E-state index in [2.05, 4.69) is 0 Å². The van der Waals surface area contributed by atoms with E-state index in [1.807, 2.05) is 0 Å². The third-order valence-electron chi connectivity index (χ3n) is 0. The molecule has 0 rings (SSSR count). The Morgan fingerprint density at radius 2 is 1.12 bits per heavy atom. The SMILES string of the molecule is CS(=O)(=O)O.[CaH2].[CaH2].[CaH2]. The summed E-state index contributed by atoms with van der Waals surface area (Å²) in [7, 11) is -3.67. The van der Waals surface area contributed by atoms with Crippen molar-refractivity contribution in [3.63, 3.8) is 0 Å². The van der Waals surface area contributed by atoms with Gasteiger partial charge in [0.1, 0.15) is 0 Å². The summed E-state index contributed by atoms with van der Waals surface area (Å²) in [4.78, 5) is 0. The van der Waals surface area contributed by atoms with E-state index >= 15 is 0 Å². The van der Waals surface area contributed by atoms with Crippen LogP contribution in [0.1, 0.15) is 0 Å². The monoisotopic (exact) mass is 222 g/mol. The average Bonchev–Trinajstić information content (AvgIpc) is 0.722. The van der Waals surface area contributed by atoms with Crippen molar-refractivity contribution in [3.8, 4) is 0 Å². The summed E-state index contributed by atoms with van der Waals surface area (Å²) in [6, 6.07) is 0. The second-order valence-electron chi connectivity index (χ2n) is 0.733. The predicted octanol–water partition coefficient (Wildman–Crippen LogP) is -3.24. The van der Waals surface area contributed by atoms with Crippen molar-refractivity contribution >= 4 is 123 Å². The Hall–Kier alpha value is 3.69. The van der Waals surface area contributed by atoms with Crippen LogP contribution in [0.3, 0.4) is 0 Å². The zero-order chi connectivity index (χ0) is 4.50. The molecule has 0 aliphatic carbocycles. The number of hydrogen-bond donors (Lipinski definition) is 1. The molecule has 8 heavy (non-hydrogen) atoms. The van der Waals surface area contributed by atoms with Crippen LogP contribution in [-0.2, 0) is 10.1 Å². The third kappa shape index (κ3) is 53.8. The molecule has 44 valence electrons. The topological polar surface area (TPSA) is 54.4 Å². The first-order valence-corrected chi connectivity index (χ1v) is 2.77. The Morgan fingerprint density at radius 1 is 1.12 bits per heavy atom. The van der Waals surface area contributed by atoms with Gasteiger partial charge in [0, 0.05) is 0 Å². The van der Waals surface area contributed by atoms with Crippen molar-refractivity contribution in [2.75, 3.05) is 6.26 Å². The van der Waals surface area contributed by atoms with Gasteiger partial charge in [0.15, 0.2) is 0 Å². The Morgan fingerprint density at radius 3 is 1.12 bits per heavy atom. The summed E-state index contributed by atoms with van der Waals surface area (Å²) in [6.07, 6.45) is 0.715. The molecule has 0 atom stereocenters. The Labute approximate surface area is 139 Å². The average molecular weight is 222 g/mol. The van der Waals surface area contributed by atoms with Gasteiger partial charge < -0.3 is 0 Å². The van der Waals surface area contributed by atoms with Crippen LogP contribution in [0.2, 0.25) is 0 Å². The molecule has 0 spiro atoms. The zero-order valence-electron chi connectivity index (χ0n) is 2.67. The quantitative estimate of drug-likeness (QED) is 0.346. The van der Waals surface area contributed by atoms with Gasteiger partial charge in [-0.25, -0.2) is 0 Å². The van der Waals surface area contributed by atoms with E-state index in [0.29, 0.717) is 6.26 Å². The first-order valence-electron chi connectivity index (χ1n) is 0.924. The van der Waals surface area contributed by atoms with Crippen LogP contribution in [0.15, 0.2) is 0 Å². The molecule has 7 heteroatoms. The van der Waals surface area contributed by atoms with E-state index in [1.54, 1.807) is 0 Å². The van der Waals surface area contributed by atoms with Crippen molar-refractivity contribution in [1.29, 1.82) is 0 Å². The van der Waals surface area contributed by atoms with Gasteiger partial charge in [-0.05, 0) is 0 Å². The second-order valence-corrected chi connectivity index (χ2v) is 2.20. The molecule has 0 aromatic carbocycles. The second kappa shape index (κ2) is 10.7. The van der Waals surface area contributed by atoms with Crippen LogP contribution in [0.25, 0.3) is 0 Å². The summed E-state index contributed by atoms with van der Waals surface area (Å²) in [5.74, 6) is 0. The molecular formula is CH10Ca3O3S. The molecule has 0 bridgehead atoms. The maximum absolute atomic E-state index is 9.19. The molecular weight excluding hydrogens is 212 g/mol. The van der Waals surface area contributed by atoms with E-state index in [0.717, 1.165) is 0 Å². The molecule has 0 aliphatic heterocycles. The molecule has 0 radical (unpaired) electrons. The zero-order valence-corrected chi connectivity index (χ0v) is 3.49. The van der Waals surface area contributed by atoms with Gasteiger partial charge in [0.25, 0.3) is 10.1 Å². The van der Waals surface area contributed by atoms with Gasteiger partial charge in [-0.3, -0.25) is 4.55 Å². The van der Waals surface area contributed by atoms with E-state index in [9.17, 15) is 8.42 Å². The first kappa shape index (κ1) is 22.6. The maximum atomic E-state index is 9.19. The molecule has 0 amide bonds. The molecule has 1 N–H and O–H groups in total. The predicted molar refractivity (Wildman–Crippen MR) is 43.1 cm³/mol. The van der Waals surface area contributed by atoms with E-state index in [1.165, 1.54) is 0 Å². The Kier molecular flexibility index (Phi) is 30.2. The van der Waals surface area contributed by atoms with Crippen LogP contribution < -0.4 is 0 Å². The van der Waals surface area contributed by atoms with Crippen molar-refractivity contribution in [2.45, 2.75) is 0 Å². The molecule has 0 saturated heterocycles. The van der Waals surface area contributed by atoms with E-state index in [4.69, 9.17) is 4.55 Å². The number of hydrogen-bond acceptors (Lipinski definition) is 2. The van der Waals surface area contributed by atoms with Gasteiger partial charge in [0.2, 0.25) is 0 Å². The fraction of sp³-hybridized carbons (Fsp3) is 1.00. The van der Waals surface area contributed by atoms with E-state index in [-0.39, 0.29) is 113 Å². The summed E-state index contributed by atoms with van der Waals surface area (Å²) >= 11 is 0. The summed E-state index contributed by atoms with van der Waals surface area (Å²) in [6.45, 7) is 0. The molecule has 0 unspecified atom stereocenters. The Bertz CT molecular complexity index is 97.7.